The number of hydrogen-bond donors (Lipinski definition) is 2. The SMILES string of the molecule is CC(C)Sc1cccc(NC(=O)/C=N\O)c1. The summed E-state index contributed by atoms with van der Waals surface area (Å²) in [5.41, 5.74) is 0.690. The second-order valence-electron chi connectivity index (χ2n) is 3.43. The first kappa shape index (κ1) is 12.6. The number of nitrogens with zero attached hydrogens (tertiary/aromatic N) is 1. The van der Waals surface area contributed by atoms with Crippen LogP contribution in [0.3, 0.4) is 0 Å². The molecular formula is C11H14N2O2S. The maximum Gasteiger partial charge on any atom is 0.270 e. The lowest BCUT2D eigenvalue weighted by molar-refractivity contribution is -0.110. The minimum Gasteiger partial charge on any atom is -0.411 e. The molecule has 0 aliphatic heterocycles. The zero-order valence-corrected chi connectivity index (χ0v) is 9.99. The van der Waals surface area contributed by atoms with Crippen LogP contribution in [0, 0.1) is 0 Å². The molecule has 0 fully saturated rings. The van der Waals surface area contributed by atoms with Gasteiger partial charge in [0.05, 0.1) is 0 Å². The Hall–Kier alpha value is -1.49. The molecule has 0 atom stereocenters. The van der Waals surface area contributed by atoms with E-state index < -0.39 is 5.91 Å². The summed E-state index contributed by atoms with van der Waals surface area (Å²) in [4.78, 5) is 12.2. The van der Waals surface area contributed by atoms with E-state index in [0.717, 1.165) is 11.1 Å². The molecule has 0 bridgehead atoms. The molecule has 1 rings (SSSR count). The van der Waals surface area contributed by atoms with Gasteiger partial charge >= 0.3 is 0 Å². The maximum atomic E-state index is 11.1. The summed E-state index contributed by atoms with van der Waals surface area (Å²) < 4.78 is 0. The van der Waals surface area contributed by atoms with Crippen molar-refractivity contribution in [2.75, 3.05) is 5.32 Å². The van der Waals surface area contributed by atoms with Crippen LogP contribution in [0.25, 0.3) is 0 Å². The Morgan fingerprint density at radius 1 is 1.56 bits per heavy atom. The van der Waals surface area contributed by atoms with Crippen LogP contribution in [0.2, 0.25) is 0 Å². The molecular weight excluding hydrogens is 224 g/mol. The predicted molar refractivity (Wildman–Crippen MR) is 66.3 cm³/mol. The highest BCUT2D eigenvalue weighted by atomic mass is 32.2. The zero-order valence-electron chi connectivity index (χ0n) is 9.18. The maximum absolute atomic E-state index is 11.1. The van der Waals surface area contributed by atoms with E-state index in [1.807, 2.05) is 18.2 Å². The standard InChI is InChI=1S/C11H14N2O2S/c1-8(2)16-10-5-3-4-9(6-10)13-11(14)7-12-15/h3-8,15H,1-2H3,(H,13,14)/b12-7-. The molecule has 1 aromatic rings. The molecule has 0 heterocycles. The van der Waals surface area contributed by atoms with Crippen LogP contribution < -0.4 is 5.32 Å². The van der Waals surface area contributed by atoms with Gasteiger partial charge in [-0.3, -0.25) is 4.79 Å². The van der Waals surface area contributed by atoms with Crippen molar-refractivity contribution in [2.45, 2.75) is 24.0 Å². The Bertz CT molecular complexity index is 391. The van der Waals surface area contributed by atoms with Crippen LogP contribution in [0.15, 0.2) is 34.3 Å². The van der Waals surface area contributed by atoms with Gasteiger partial charge in [-0.25, -0.2) is 0 Å². The number of carbonyl (C=O) groups is 1. The molecule has 16 heavy (non-hydrogen) atoms. The molecule has 0 spiro atoms. The van der Waals surface area contributed by atoms with Crippen molar-refractivity contribution < 1.29 is 10.0 Å². The van der Waals surface area contributed by atoms with Gasteiger partial charge in [0.2, 0.25) is 0 Å². The molecule has 2 N–H and O–H groups in total. The number of nitrogens with one attached hydrogen (secondary N) is 1. The highest BCUT2D eigenvalue weighted by molar-refractivity contribution is 7.99. The van der Waals surface area contributed by atoms with Gasteiger partial charge in [0.15, 0.2) is 0 Å². The lowest BCUT2D eigenvalue weighted by atomic mass is 10.3. The number of rotatable bonds is 4. The highest BCUT2D eigenvalue weighted by Crippen LogP contribution is 2.25. The Labute approximate surface area is 98.7 Å². The Morgan fingerprint density at radius 2 is 2.31 bits per heavy atom. The lowest BCUT2D eigenvalue weighted by Crippen LogP contribution is -2.12. The summed E-state index contributed by atoms with van der Waals surface area (Å²) in [6.45, 7) is 4.21. The van der Waals surface area contributed by atoms with Gasteiger partial charge in [0.25, 0.3) is 5.91 Å². The summed E-state index contributed by atoms with van der Waals surface area (Å²) in [6, 6.07) is 7.53. The number of oxime groups is 1. The number of thioether (sulfide) groups is 1. The fourth-order valence-corrected chi connectivity index (χ4v) is 2.04. The normalized spacial score (nSPS) is 10.9. The minimum atomic E-state index is -0.450. The Balaban J connectivity index is 2.70. The van der Waals surface area contributed by atoms with Crippen molar-refractivity contribution in [3.05, 3.63) is 24.3 Å². The van der Waals surface area contributed by atoms with Crippen molar-refractivity contribution in [3.63, 3.8) is 0 Å². The van der Waals surface area contributed by atoms with Gasteiger partial charge in [0, 0.05) is 15.8 Å². The Kier molecular flexibility index (Phi) is 4.85. The monoisotopic (exact) mass is 238 g/mol. The first-order chi connectivity index (χ1) is 7.61. The van der Waals surface area contributed by atoms with Crippen molar-refractivity contribution >= 4 is 29.6 Å². The minimum absolute atomic E-state index is 0.450. The van der Waals surface area contributed by atoms with Gasteiger partial charge in [-0.05, 0) is 18.2 Å². The van der Waals surface area contributed by atoms with E-state index in [4.69, 9.17) is 5.21 Å². The Morgan fingerprint density at radius 3 is 2.94 bits per heavy atom. The molecule has 0 aliphatic rings. The van der Waals surface area contributed by atoms with Gasteiger partial charge in [-0.1, -0.05) is 25.1 Å². The number of hydrogen-bond acceptors (Lipinski definition) is 4. The molecule has 1 amide bonds. The molecule has 0 radical (unpaired) electrons. The average Bonchev–Trinajstić information content (AvgIpc) is 2.17. The summed E-state index contributed by atoms with van der Waals surface area (Å²) in [7, 11) is 0. The van der Waals surface area contributed by atoms with Crippen LogP contribution in [0.1, 0.15) is 13.8 Å². The highest BCUT2D eigenvalue weighted by Gasteiger charge is 2.02. The van der Waals surface area contributed by atoms with Crippen LogP contribution in [0.4, 0.5) is 5.69 Å². The molecule has 0 saturated heterocycles. The molecule has 0 unspecified atom stereocenters. The predicted octanol–water partition coefficient (Wildman–Crippen LogP) is 2.59. The van der Waals surface area contributed by atoms with E-state index in [9.17, 15) is 4.79 Å². The van der Waals surface area contributed by atoms with Crippen molar-refractivity contribution in [2.24, 2.45) is 5.16 Å². The van der Waals surface area contributed by atoms with E-state index in [-0.39, 0.29) is 0 Å². The average molecular weight is 238 g/mol. The number of anilines is 1. The molecule has 0 aliphatic carbocycles. The number of carbonyl (C=O) groups excluding carboxylic acids is 1. The quantitative estimate of drug-likeness (QED) is 0.367. The van der Waals surface area contributed by atoms with Crippen molar-refractivity contribution in [1.82, 2.24) is 0 Å². The van der Waals surface area contributed by atoms with Gasteiger partial charge < -0.3 is 10.5 Å². The fourth-order valence-electron chi connectivity index (χ4n) is 1.15. The van der Waals surface area contributed by atoms with Gasteiger partial charge in [-0.2, -0.15) is 0 Å². The molecule has 1 aromatic carbocycles. The molecule has 4 nitrogen and oxygen atoms in total. The van der Waals surface area contributed by atoms with E-state index in [1.165, 1.54) is 0 Å². The first-order valence-corrected chi connectivity index (χ1v) is 5.75. The van der Waals surface area contributed by atoms with Gasteiger partial charge in [-0.15, -0.1) is 11.8 Å². The van der Waals surface area contributed by atoms with E-state index in [2.05, 4.69) is 24.3 Å². The largest absolute Gasteiger partial charge is 0.411 e. The first-order valence-electron chi connectivity index (χ1n) is 4.87. The third kappa shape index (κ3) is 4.35. The van der Waals surface area contributed by atoms with E-state index >= 15 is 0 Å². The molecule has 5 heteroatoms. The smallest absolute Gasteiger partial charge is 0.270 e. The topological polar surface area (TPSA) is 61.7 Å². The van der Waals surface area contributed by atoms with Crippen LogP contribution in [-0.2, 0) is 4.79 Å². The summed E-state index contributed by atoms with van der Waals surface area (Å²) >= 11 is 1.72. The van der Waals surface area contributed by atoms with Crippen molar-refractivity contribution in [1.29, 1.82) is 0 Å². The summed E-state index contributed by atoms with van der Waals surface area (Å²) in [5.74, 6) is -0.450. The fraction of sp³-hybridized carbons (Fsp3) is 0.273. The van der Waals surface area contributed by atoms with Crippen LogP contribution in [0.5, 0.6) is 0 Å². The molecule has 0 aromatic heterocycles. The second kappa shape index (κ2) is 6.17. The zero-order chi connectivity index (χ0) is 12.0. The van der Waals surface area contributed by atoms with E-state index in [0.29, 0.717) is 10.9 Å². The van der Waals surface area contributed by atoms with Crippen LogP contribution >= 0.6 is 11.8 Å². The third-order valence-electron chi connectivity index (χ3n) is 1.65. The number of benzene rings is 1. The van der Waals surface area contributed by atoms with Crippen molar-refractivity contribution in [3.8, 4) is 0 Å². The van der Waals surface area contributed by atoms with Crippen LogP contribution in [-0.4, -0.2) is 22.6 Å². The van der Waals surface area contributed by atoms with E-state index in [1.54, 1.807) is 17.8 Å². The molecule has 86 valence electrons. The summed E-state index contributed by atoms with van der Waals surface area (Å²) in [6.07, 6.45) is 0.822. The summed E-state index contributed by atoms with van der Waals surface area (Å²) in [5, 5.41) is 13.9. The second-order valence-corrected chi connectivity index (χ2v) is 5.08. The van der Waals surface area contributed by atoms with Gasteiger partial charge in [0.1, 0.15) is 6.21 Å². The lowest BCUT2D eigenvalue weighted by Gasteiger charge is -2.07. The third-order valence-corrected chi connectivity index (χ3v) is 2.65. The molecule has 0 saturated carbocycles. The number of amides is 1.